The molecular weight excluding hydrogens is 246 g/mol. The van der Waals surface area contributed by atoms with Crippen LogP contribution in [0.25, 0.3) is 0 Å². The molecule has 0 radical (unpaired) electrons. The van der Waals surface area contributed by atoms with Crippen LogP contribution in [0.3, 0.4) is 0 Å². The van der Waals surface area contributed by atoms with Crippen molar-refractivity contribution in [1.82, 2.24) is 0 Å². The zero-order valence-electron chi connectivity index (χ0n) is 13.1. The summed E-state index contributed by atoms with van der Waals surface area (Å²) in [6.07, 6.45) is 6.44. The topological polar surface area (TPSA) is 35.2 Å². The van der Waals surface area contributed by atoms with Crippen LogP contribution in [0.1, 0.15) is 63.2 Å². The van der Waals surface area contributed by atoms with Crippen LogP contribution in [-0.4, -0.2) is 12.1 Å². The number of benzene rings is 1. The Bertz CT molecular complexity index is 418. The first-order valence-electron chi connectivity index (χ1n) is 8.09. The van der Waals surface area contributed by atoms with Crippen molar-refractivity contribution in [2.45, 2.75) is 71.1 Å². The molecule has 2 N–H and O–H groups in total. The van der Waals surface area contributed by atoms with Crippen LogP contribution in [0.15, 0.2) is 24.3 Å². The quantitative estimate of drug-likeness (QED) is 0.866. The van der Waals surface area contributed by atoms with E-state index in [4.69, 9.17) is 10.5 Å². The average molecular weight is 275 g/mol. The van der Waals surface area contributed by atoms with E-state index in [2.05, 4.69) is 45.0 Å². The number of hydrogen-bond donors (Lipinski definition) is 1. The van der Waals surface area contributed by atoms with E-state index in [1.807, 2.05) is 0 Å². The molecule has 1 aromatic carbocycles. The Labute approximate surface area is 123 Å². The predicted molar refractivity (Wildman–Crippen MR) is 84.7 cm³/mol. The second kappa shape index (κ2) is 7.24. The molecule has 4 unspecified atom stereocenters. The van der Waals surface area contributed by atoms with Gasteiger partial charge in [0.2, 0.25) is 0 Å². The van der Waals surface area contributed by atoms with Crippen LogP contribution in [0.2, 0.25) is 0 Å². The minimum Gasteiger partial charge on any atom is -0.368 e. The lowest BCUT2D eigenvalue weighted by molar-refractivity contribution is -0.0677. The predicted octanol–water partition coefficient (Wildman–Crippen LogP) is 4.37. The lowest BCUT2D eigenvalue weighted by Crippen LogP contribution is -2.35. The first kappa shape index (κ1) is 15.5. The van der Waals surface area contributed by atoms with Gasteiger partial charge in [-0.3, -0.25) is 0 Å². The molecule has 2 nitrogen and oxygen atoms in total. The van der Waals surface area contributed by atoms with Crippen LogP contribution >= 0.6 is 0 Å². The van der Waals surface area contributed by atoms with Crippen molar-refractivity contribution in [2.75, 3.05) is 0 Å². The maximum atomic E-state index is 6.47. The third-order valence-electron chi connectivity index (χ3n) is 4.59. The minimum absolute atomic E-state index is 0.0328. The van der Waals surface area contributed by atoms with Crippen LogP contribution in [-0.2, 0) is 4.74 Å². The monoisotopic (exact) mass is 275 g/mol. The SMILES string of the molecule is CCC(N)C(OC1CCCCC1C)c1cccc(C)c1. The Morgan fingerprint density at radius 3 is 2.70 bits per heavy atom. The molecule has 0 spiro atoms. The molecule has 4 atom stereocenters. The van der Waals surface area contributed by atoms with Gasteiger partial charge in [-0.2, -0.15) is 0 Å². The maximum absolute atomic E-state index is 6.47. The molecular formula is C18H29NO. The van der Waals surface area contributed by atoms with Crippen molar-refractivity contribution < 1.29 is 4.74 Å². The summed E-state index contributed by atoms with van der Waals surface area (Å²) >= 11 is 0. The summed E-state index contributed by atoms with van der Waals surface area (Å²) in [5.41, 5.74) is 8.84. The Balaban J connectivity index is 2.15. The van der Waals surface area contributed by atoms with Crippen molar-refractivity contribution in [1.29, 1.82) is 0 Å². The summed E-state index contributed by atoms with van der Waals surface area (Å²) in [5, 5.41) is 0. The van der Waals surface area contributed by atoms with Gasteiger partial charge in [0.25, 0.3) is 0 Å². The molecule has 1 saturated carbocycles. The smallest absolute Gasteiger partial charge is 0.0979 e. The molecule has 1 fully saturated rings. The van der Waals surface area contributed by atoms with Gasteiger partial charge < -0.3 is 10.5 Å². The molecule has 0 aromatic heterocycles. The molecule has 1 aliphatic rings. The minimum atomic E-state index is 0.0328. The van der Waals surface area contributed by atoms with Gasteiger partial charge in [-0.05, 0) is 37.7 Å². The maximum Gasteiger partial charge on any atom is 0.0979 e. The van der Waals surface area contributed by atoms with E-state index in [-0.39, 0.29) is 12.1 Å². The molecule has 0 saturated heterocycles. The van der Waals surface area contributed by atoms with Crippen LogP contribution in [0.5, 0.6) is 0 Å². The first-order valence-corrected chi connectivity index (χ1v) is 8.09. The highest BCUT2D eigenvalue weighted by molar-refractivity contribution is 5.25. The Kier molecular flexibility index (Phi) is 5.62. The van der Waals surface area contributed by atoms with Gasteiger partial charge >= 0.3 is 0 Å². The second-order valence-electron chi connectivity index (χ2n) is 6.34. The number of hydrogen-bond acceptors (Lipinski definition) is 2. The Morgan fingerprint density at radius 2 is 2.05 bits per heavy atom. The number of aryl methyl sites for hydroxylation is 1. The molecule has 1 aromatic rings. The molecule has 1 aliphatic carbocycles. The molecule has 112 valence electrons. The van der Waals surface area contributed by atoms with Crippen molar-refractivity contribution in [2.24, 2.45) is 11.7 Å². The van der Waals surface area contributed by atoms with Crippen LogP contribution in [0, 0.1) is 12.8 Å². The summed E-state index contributed by atoms with van der Waals surface area (Å²) in [5.74, 6) is 0.653. The van der Waals surface area contributed by atoms with Crippen LogP contribution in [0.4, 0.5) is 0 Å². The summed E-state index contributed by atoms with van der Waals surface area (Å²) in [6.45, 7) is 6.58. The van der Waals surface area contributed by atoms with Gasteiger partial charge in [0.1, 0.15) is 0 Å². The number of nitrogens with two attached hydrogens (primary N) is 1. The number of rotatable bonds is 5. The fraction of sp³-hybridized carbons (Fsp3) is 0.667. The number of ether oxygens (including phenoxy) is 1. The van der Waals surface area contributed by atoms with E-state index in [0.29, 0.717) is 12.0 Å². The van der Waals surface area contributed by atoms with E-state index in [0.717, 1.165) is 6.42 Å². The summed E-state index contributed by atoms with van der Waals surface area (Å²) < 4.78 is 6.47. The molecule has 2 heteroatoms. The van der Waals surface area contributed by atoms with Gasteiger partial charge in [0.15, 0.2) is 0 Å². The van der Waals surface area contributed by atoms with Gasteiger partial charge in [-0.15, -0.1) is 0 Å². The highest BCUT2D eigenvalue weighted by atomic mass is 16.5. The third kappa shape index (κ3) is 3.83. The highest BCUT2D eigenvalue weighted by Gasteiger charge is 2.28. The van der Waals surface area contributed by atoms with E-state index in [1.54, 1.807) is 0 Å². The van der Waals surface area contributed by atoms with E-state index in [9.17, 15) is 0 Å². The van der Waals surface area contributed by atoms with E-state index in [1.165, 1.54) is 36.8 Å². The molecule has 0 bridgehead atoms. The fourth-order valence-electron chi connectivity index (χ4n) is 3.16. The van der Waals surface area contributed by atoms with Crippen molar-refractivity contribution in [3.63, 3.8) is 0 Å². The normalized spacial score (nSPS) is 26.2. The summed E-state index contributed by atoms with van der Waals surface area (Å²) in [7, 11) is 0. The Morgan fingerprint density at radius 1 is 1.30 bits per heavy atom. The fourth-order valence-corrected chi connectivity index (χ4v) is 3.16. The lowest BCUT2D eigenvalue weighted by atomic mass is 9.87. The van der Waals surface area contributed by atoms with Gasteiger partial charge in [0.05, 0.1) is 12.2 Å². The lowest BCUT2D eigenvalue weighted by Gasteiger charge is -2.34. The second-order valence-corrected chi connectivity index (χ2v) is 6.34. The standard InChI is InChI=1S/C18H29NO/c1-4-16(19)18(15-10-7-8-13(2)12-15)20-17-11-6-5-9-14(17)3/h7-8,10,12,14,16-18H,4-6,9,11,19H2,1-3H3. The summed E-state index contributed by atoms with van der Waals surface area (Å²) in [4.78, 5) is 0. The largest absolute Gasteiger partial charge is 0.368 e. The molecule has 20 heavy (non-hydrogen) atoms. The highest BCUT2D eigenvalue weighted by Crippen LogP contribution is 2.32. The van der Waals surface area contributed by atoms with E-state index >= 15 is 0 Å². The van der Waals surface area contributed by atoms with Crippen molar-refractivity contribution >= 4 is 0 Å². The molecule has 0 amide bonds. The van der Waals surface area contributed by atoms with Crippen molar-refractivity contribution in [3.8, 4) is 0 Å². The summed E-state index contributed by atoms with van der Waals surface area (Å²) in [6, 6.07) is 8.68. The molecule has 2 rings (SSSR count). The van der Waals surface area contributed by atoms with Gasteiger partial charge in [-0.25, -0.2) is 0 Å². The van der Waals surface area contributed by atoms with E-state index < -0.39 is 0 Å². The Hall–Kier alpha value is -0.860. The van der Waals surface area contributed by atoms with Crippen molar-refractivity contribution in [3.05, 3.63) is 35.4 Å². The zero-order valence-corrected chi connectivity index (χ0v) is 13.1. The van der Waals surface area contributed by atoms with Gasteiger partial charge in [0, 0.05) is 6.04 Å². The molecule has 0 aliphatic heterocycles. The average Bonchev–Trinajstić information content (AvgIpc) is 2.45. The zero-order chi connectivity index (χ0) is 14.5. The van der Waals surface area contributed by atoms with Gasteiger partial charge in [-0.1, -0.05) is 56.5 Å². The first-order chi connectivity index (χ1) is 9.61. The third-order valence-corrected chi connectivity index (χ3v) is 4.59. The molecule has 0 heterocycles. The van der Waals surface area contributed by atoms with Crippen LogP contribution < -0.4 is 5.73 Å².